The fourth-order valence-electron chi connectivity index (χ4n) is 13.9. The van der Waals surface area contributed by atoms with E-state index in [0.29, 0.717) is 63.7 Å². The van der Waals surface area contributed by atoms with Gasteiger partial charge in [0.1, 0.15) is 11.5 Å². The Kier molecular flexibility index (Phi) is 16.2. The van der Waals surface area contributed by atoms with Crippen molar-refractivity contribution in [3.05, 3.63) is 141 Å². The molecular weight excluding hydrogens is 1100 g/mol. The first-order chi connectivity index (χ1) is 38.2. The number of hydrogen-bond acceptors (Lipinski definition) is 14. The van der Waals surface area contributed by atoms with Gasteiger partial charge in [-0.05, 0) is 184 Å². The van der Waals surface area contributed by atoms with Gasteiger partial charge in [0.25, 0.3) is 11.8 Å². The van der Waals surface area contributed by atoms with E-state index in [0.717, 1.165) is 85.6 Å². The lowest BCUT2D eigenvalue weighted by Crippen LogP contribution is -2.49. The molecule has 4 aromatic rings. The quantitative estimate of drug-likeness (QED) is 0.0960. The van der Waals surface area contributed by atoms with Gasteiger partial charge in [-0.1, -0.05) is 59.6 Å². The molecule has 2 amide bonds. The number of benzene rings is 4. The van der Waals surface area contributed by atoms with Crippen molar-refractivity contribution in [1.82, 2.24) is 9.44 Å². The molecule has 20 heteroatoms. The summed E-state index contributed by atoms with van der Waals surface area (Å²) in [5.74, 6) is -0.837. The molecule has 0 radical (unpaired) electrons. The summed E-state index contributed by atoms with van der Waals surface area (Å²) in [4.78, 5) is 30.7. The van der Waals surface area contributed by atoms with E-state index in [1.54, 1.807) is 48.6 Å². The van der Waals surface area contributed by atoms with E-state index < -0.39 is 67.8 Å². The van der Waals surface area contributed by atoms with Crippen LogP contribution < -0.4 is 28.7 Å². The number of aliphatic hydroxyl groups is 4. The number of amides is 2. The first-order valence-electron chi connectivity index (χ1n) is 28.0. The lowest BCUT2D eigenvalue weighted by molar-refractivity contribution is 0.0174. The van der Waals surface area contributed by atoms with Gasteiger partial charge >= 0.3 is 0 Å². The van der Waals surface area contributed by atoms with Crippen LogP contribution in [-0.2, 0) is 43.7 Å². The minimum absolute atomic E-state index is 0.0888. The maximum atomic E-state index is 13.1. The van der Waals surface area contributed by atoms with Gasteiger partial charge in [-0.3, -0.25) is 9.59 Å². The Morgan fingerprint density at radius 1 is 0.562 bits per heavy atom. The summed E-state index contributed by atoms with van der Waals surface area (Å²) in [5, 5.41) is 43.9. The number of rotatable bonds is 0. The molecule has 0 unspecified atom stereocenters. The Bertz CT molecular complexity index is 3110. The topological polar surface area (TPSA) is 232 Å². The lowest BCUT2D eigenvalue weighted by atomic mass is 9.68. The summed E-state index contributed by atoms with van der Waals surface area (Å²) in [5.41, 5.74) is 6.28. The zero-order valence-electron chi connectivity index (χ0n) is 44.5. The molecule has 4 heterocycles. The molecule has 4 aromatic carbocycles. The number of nitrogens with one attached hydrogen (secondary N) is 2. The lowest BCUT2D eigenvalue weighted by Gasteiger charge is -2.45. The third-order valence-electron chi connectivity index (χ3n) is 18.2. The summed E-state index contributed by atoms with van der Waals surface area (Å²) >= 11 is 12.7. The van der Waals surface area contributed by atoms with E-state index >= 15 is 0 Å². The zero-order chi connectivity index (χ0) is 56.1. The van der Waals surface area contributed by atoms with E-state index in [4.69, 9.17) is 32.7 Å². The van der Waals surface area contributed by atoms with Crippen molar-refractivity contribution >= 4 is 66.4 Å². The van der Waals surface area contributed by atoms with Gasteiger partial charge < -0.3 is 39.7 Å². The Morgan fingerprint density at radius 3 is 1.39 bits per heavy atom. The molecule has 4 bridgehead atoms. The first-order valence-corrected chi connectivity index (χ1v) is 32.1. The van der Waals surface area contributed by atoms with Crippen molar-refractivity contribution in [2.45, 2.75) is 112 Å². The number of fused-ring (bicyclic) bond motifs is 8. The van der Waals surface area contributed by atoms with Gasteiger partial charge in [0.2, 0.25) is 20.0 Å². The van der Waals surface area contributed by atoms with Crippen molar-refractivity contribution in [1.29, 1.82) is 0 Å². The molecule has 0 aromatic heterocycles. The van der Waals surface area contributed by atoms with Crippen LogP contribution in [0.3, 0.4) is 0 Å². The first kappa shape index (κ1) is 56.7. The van der Waals surface area contributed by atoms with Crippen LogP contribution in [0.15, 0.2) is 97.1 Å². The van der Waals surface area contributed by atoms with Crippen LogP contribution in [0.1, 0.15) is 107 Å². The van der Waals surface area contributed by atoms with Gasteiger partial charge in [0.05, 0.1) is 60.5 Å². The molecule has 2 spiro atoms. The highest BCUT2D eigenvalue weighted by molar-refractivity contribution is 7.90. The summed E-state index contributed by atoms with van der Waals surface area (Å²) < 4.78 is 67.6. The smallest absolute Gasteiger partial charge is 0.264 e. The highest BCUT2D eigenvalue weighted by atomic mass is 35.5. The molecule has 0 saturated heterocycles. The Balaban J connectivity index is 0.000000169. The van der Waals surface area contributed by atoms with Crippen LogP contribution >= 0.6 is 23.2 Å². The van der Waals surface area contributed by atoms with Gasteiger partial charge in [0, 0.05) is 58.2 Å². The summed E-state index contributed by atoms with van der Waals surface area (Å²) in [6.45, 7) is 3.65. The molecule has 428 valence electrons. The number of hydrogen-bond donors (Lipinski definition) is 6. The largest absolute Gasteiger partial charge is 0.490 e. The highest BCUT2D eigenvalue weighted by Crippen LogP contribution is 2.49. The van der Waals surface area contributed by atoms with E-state index in [-0.39, 0.29) is 45.6 Å². The van der Waals surface area contributed by atoms with Crippen molar-refractivity contribution < 1.29 is 56.3 Å². The van der Waals surface area contributed by atoms with Gasteiger partial charge in [0.15, 0.2) is 0 Å². The normalized spacial score (nSPS) is 32.5. The van der Waals surface area contributed by atoms with Crippen LogP contribution in [0.25, 0.3) is 0 Å². The molecule has 16 nitrogen and oxygen atoms in total. The molecule has 2 saturated carbocycles. The zero-order valence-corrected chi connectivity index (χ0v) is 47.7. The second-order valence-electron chi connectivity index (χ2n) is 23.6. The van der Waals surface area contributed by atoms with Gasteiger partial charge in [-0.15, -0.1) is 0 Å². The minimum Gasteiger partial charge on any atom is -0.490 e. The minimum atomic E-state index is -4.10. The van der Waals surface area contributed by atoms with Crippen LogP contribution in [-0.4, -0.2) is 124 Å². The fourth-order valence-corrected chi connectivity index (χ4v) is 16.4. The Hall–Kier alpha value is -5.18. The maximum Gasteiger partial charge on any atom is 0.264 e. The molecule has 4 aliphatic heterocycles. The predicted molar refractivity (Wildman–Crippen MR) is 307 cm³/mol. The number of carbonyl (C=O) groups excluding carboxylic acids is 2. The van der Waals surface area contributed by atoms with E-state index in [2.05, 4.69) is 43.5 Å². The van der Waals surface area contributed by atoms with E-state index in [9.17, 15) is 46.9 Å². The summed E-state index contributed by atoms with van der Waals surface area (Å²) in [7, 11) is -8.20. The number of aliphatic hydroxyl groups excluding tert-OH is 4. The average molecular weight is 1170 g/mol. The second kappa shape index (κ2) is 22.9. The van der Waals surface area contributed by atoms with E-state index in [1.165, 1.54) is 34.4 Å². The average Bonchev–Trinajstić information content (AvgIpc) is 3.76. The van der Waals surface area contributed by atoms with Crippen LogP contribution in [0.2, 0.25) is 10.0 Å². The highest BCUT2D eigenvalue weighted by Gasteiger charge is 2.47. The number of carbonyl (C=O) groups is 2. The molecule has 80 heavy (non-hydrogen) atoms. The number of anilines is 2. The van der Waals surface area contributed by atoms with Crippen molar-refractivity contribution in [2.24, 2.45) is 23.7 Å². The number of ether oxygens (including phenoxy) is 2. The monoisotopic (exact) mass is 1170 g/mol. The number of aryl methyl sites for hydroxylation is 2. The van der Waals surface area contributed by atoms with Gasteiger partial charge in [-0.2, -0.15) is 0 Å². The van der Waals surface area contributed by atoms with E-state index in [1.807, 2.05) is 12.1 Å². The number of sulfonamides is 2. The second-order valence-corrected chi connectivity index (χ2v) is 28.0. The number of halogens is 2. The third-order valence-corrected chi connectivity index (χ3v) is 21.2. The molecule has 10 atom stereocenters. The molecule has 12 rings (SSSR count). The molecule has 4 aliphatic carbocycles. The Labute approximate surface area is 478 Å². The summed E-state index contributed by atoms with van der Waals surface area (Å²) in [6, 6.07) is 22.2. The molecule has 8 aliphatic rings. The van der Waals surface area contributed by atoms with Crippen molar-refractivity contribution in [3.63, 3.8) is 0 Å². The van der Waals surface area contributed by atoms with Crippen molar-refractivity contribution in [2.75, 3.05) is 60.7 Å². The fraction of sp³-hybridized carbons (Fsp3) is 0.500. The van der Waals surface area contributed by atoms with Crippen LogP contribution in [0.4, 0.5) is 11.4 Å². The van der Waals surface area contributed by atoms with Crippen LogP contribution in [0, 0.1) is 23.7 Å². The maximum absolute atomic E-state index is 13.1. The SMILES string of the molecule is O=C1NS(=O)(=O)C[C@@H](O)/C=C/C[C@H](O)[C@@H]2CC[C@H]2CN2C[C@@]3(CCCc4cc(Cl)ccc43)COc3ccc1cc32.O=C1NS(=O)(=O)C[C@H](O)/C=C/C[C@H](O)[C@@H]2CC[C@H]2CN2C[C@@]3(CCCc4cc(Cl)ccc43)COc3ccc1cc32. The Morgan fingerprint density at radius 2 is 0.988 bits per heavy atom. The molecule has 2 fully saturated rings. The van der Waals surface area contributed by atoms with Crippen LogP contribution in [0.5, 0.6) is 11.5 Å². The van der Waals surface area contributed by atoms with Crippen molar-refractivity contribution in [3.8, 4) is 11.5 Å². The standard InChI is InChI=1S/2C30H35ClN2O6S/c2*31-22-8-10-25-19(13-22)3-2-12-30(25)17-33-15-21-6-9-24(21)27(35)5-1-4-23(34)16-40(37,38)32-29(36)20-7-11-28(39-18-30)26(33)14-20/h2*1,4,7-8,10-11,13-14,21,23-24,27,34-35H,2-3,5-6,9,12,15-18H2,(H,32,36)/b2*4-1+/t21-,23+,24+,27-,30-;21-,23-,24+,27-,30-/m00/s1. The third kappa shape index (κ3) is 12.0. The molecular formula is C60H70Cl2N4O12S2. The summed E-state index contributed by atoms with van der Waals surface area (Å²) in [6.07, 6.45) is 12.5. The predicted octanol–water partition coefficient (Wildman–Crippen LogP) is 7.16. The van der Waals surface area contributed by atoms with Gasteiger partial charge in [-0.25, -0.2) is 26.3 Å². The number of nitrogens with zero attached hydrogens (tertiary/aromatic N) is 2. The molecule has 6 N–H and O–H groups in total.